The number of nitrogens with one attached hydrogen (secondary N) is 1. The van der Waals surface area contributed by atoms with Crippen LogP contribution in [0.1, 0.15) is 26.7 Å². The average molecular weight is 461 g/mol. The lowest BCUT2D eigenvalue weighted by Gasteiger charge is -2.24. The zero-order valence-corrected chi connectivity index (χ0v) is 18.8. The number of hydrogen-bond donors (Lipinski definition) is 1. The van der Waals surface area contributed by atoms with Gasteiger partial charge in [0.25, 0.3) is 0 Å². The van der Waals surface area contributed by atoms with Gasteiger partial charge >= 0.3 is 0 Å². The molecule has 1 saturated heterocycles. The van der Waals surface area contributed by atoms with Crippen molar-refractivity contribution in [3.63, 3.8) is 0 Å². The van der Waals surface area contributed by atoms with Crippen LogP contribution in [0.25, 0.3) is 0 Å². The van der Waals surface area contributed by atoms with E-state index in [0.29, 0.717) is 37.6 Å². The zero-order chi connectivity index (χ0) is 21.9. The molecule has 9 nitrogen and oxygen atoms in total. The van der Waals surface area contributed by atoms with E-state index in [4.69, 9.17) is 9.47 Å². The minimum absolute atomic E-state index is 0.0201. The molecule has 1 unspecified atom stereocenters. The van der Waals surface area contributed by atoms with E-state index in [2.05, 4.69) is 5.32 Å². The van der Waals surface area contributed by atoms with Crippen LogP contribution in [-0.2, 0) is 24.7 Å². The van der Waals surface area contributed by atoms with Crippen LogP contribution < -0.4 is 14.8 Å². The SMILES string of the molecule is CC(C)CCN(CC(=O)NC1CCS(=O)(=O)C1)S(=O)(=O)c1ccc2c(c1)OCCO2. The quantitative estimate of drug-likeness (QED) is 0.609. The van der Waals surface area contributed by atoms with E-state index >= 15 is 0 Å². The Kier molecular flexibility index (Phi) is 6.93. The molecule has 1 aromatic carbocycles. The molecular formula is C19H28N2O7S2. The number of ether oxygens (including phenoxy) is 2. The number of benzene rings is 1. The molecule has 0 aromatic heterocycles. The Hall–Kier alpha value is -1.85. The van der Waals surface area contributed by atoms with Gasteiger partial charge in [0.15, 0.2) is 21.3 Å². The number of amides is 1. The van der Waals surface area contributed by atoms with Gasteiger partial charge in [-0.3, -0.25) is 4.79 Å². The van der Waals surface area contributed by atoms with Crippen LogP contribution in [0.2, 0.25) is 0 Å². The van der Waals surface area contributed by atoms with Gasteiger partial charge in [-0.25, -0.2) is 16.8 Å². The normalized spacial score (nSPS) is 20.5. The molecule has 1 fully saturated rings. The van der Waals surface area contributed by atoms with Crippen molar-refractivity contribution in [3.05, 3.63) is 18.2 Å². The van der Waals surface area contributed by atoms with Crippen LogP contribution in [-0.4, -0.2) is 70.9 Å². The molecule has 30 heavy (non-hydrogen) atoms. The van der Waals surface area contributed by atoms with Gasteiger partial charge < -0.3 is 14.8 Å². The summed E-state index contributed by atoms with van der Waals surface area (Å²) in [7, 11) is -7.11. The maximum atomic E-state index is 13.3. The number of carbonyl (C=O) groups excluding carboxylic acids is 1. The first-order valence-electron chi connectivity index (χ1n) is 9.96. The summed E-state index contributed by atoms with van der Waals surface area (Å²) in [6.45, 7) is 4.47. The fourth-order valence-corrected chi connectivity index (χ4v) is 6.46. The molecule has 0 bridgehead atoms. The third kappa shape index (κ3) is 5.64. The van der Waals surface area contributed by atoms with Gasteiger partial charge in [-0.05, 0) is 30.9 Å². The van der Waals surface area contributed by atoms with Crippen LogP contribution >= 0.6 is 0 Å². The third-order valence-corrected chi connectivity index (χ3v) is 8.63. The van der Waals surface area contributed by atoms with Crippen molar-refractivity contribution >= 4 is 25.8 Å². The van der Waals surface area contributed by atoms with E-state index in [0.717, 1.165) is 4.31 Å². The van der Waals surface area contributed by atoms with Crippen molar-refractivity contribution in [3.8, 4) is 11.5 Å². The summed E-state index contributed by atoms with van der Waals surface area (Å²) in [5.74, 6) is 0.485. The van der Waals surface area contributed by atoms with Crippen molar-refractivity contribution < 1.29 is 31.1 Å². The summed E-state index contributed by atoms with van der Waals surface area (Å²) >= 11 is 0. The topological polar surface area (TPSA) is 119 Å². The van der Waals surface area contributed by atoms with Crippen LogP contribution in [0.3, 0.4) is 0 Å². The largest absolute Gasteiger partial charge is 0.486 e. The van der Waals surface area contributed by atoms with Crippen molar-refractivity contribution in [2.45, 2.75) is 37.6 Å². The van der Waals surface area contributed by atoms with Gasteiger partial charge in [0.1, 0.15) is 13.2 Å². The summed E-state index contributed by atoms with van der Waals surface area (Å²) in [5.41, 5.74) is 0. The van der Waals surface area contributed by atoms with E-state index in [-0.39, 0.29) is 35.4 Å². The molecule has 2 aliphatic rings. The fourth-order valence-electron chi connectivity index (χ4n) is 3.36. The molecule has 0 spiro atoms. The number of sulfone groups is 1. The minimum atomic E-state index is -3.96. The van der Waals surface area contributed by atoms with Crippen molar-refractivity contribution in [2.24, 2.45) is 5.92 Å². The first-order chi connectivity index (χ1) is 14.1. The lowest BCUT2D eigenvalue weighted by molar-refractivity contribution is -0.121. The monoisotopic (exact) mass is 460 g/mol. The average Bonchev–Trinajstić information content (AvgIpc) is 3.02. The molecule has 0 aliphatic carbocycles. The first kappa shape index (κ1) is 22.8. The molecule has 0 saturated carbocycles. The second-order valence-corrected chi connectivity index (χ2v) is 12.2. The lowest BCUT2D eigenvalue weighted by Crippen LogP contribution is -2.45. The summed E-state index contributed by atoms with van der Waals surface area (Å²) in [4.78, 5) is 12.5. The highest BCUT2D eigenvalue weighted by atomic mass is 32.2. The molecule has 1 atom stereocenters. The molecule has 1 amide bonds. The van der Waals surface area contributed by atoms with Crippen molar-refractivity contribution in [1.29, 1.82) is 0 Å². The molecule has 2 heterocycles. The van der Waals surface area contributed by atoms with E-state index < -0.39 is 31.8 Å². The Bertz CT molecular complexity index is 990. The summed E-state index contributed by atoms with van der Waals surface area (Å²) < 4.78 is 61.8. The van der Waals surface area contributed by atoms with Crippen LogP contribution in [0.4, 0.5) is 0 Å². The third-order valence-electron chi connectivity index (χ3n) is 5.02. The Morgan fingerprint density at radius 2 is 1.93 bits per heavy atom. The predicted octanol–water partition coefficient (Wildman–Crippen LogP) is 0.798. The molecule has 1 aromatic rings. The maximum Gasteiger partial charge on any atom is 0.243 e. The second kappa shape index (κ2) is 9.11. The van der Waals surface area contributed by atoms with Gasteiger partial charge in [0.2, 0.25) is 15.9 Å². The number of rotatable bonds is 8. The van der Waals surface area contributed by atoms with Gasteiger partial charge in [-0.1, -0.05) is 13.8 Å². The number of sulfonamides is 1. The highest BCUT2D eigenvalue weighted by Gasteiger charge is 2.32. The van der Waals surface area contributed by atoms with E-state index in [1.165, 1.54) is 12.1 Å². The van der Waals surface area contributed by atoms with Gasteiger partial charge in [-0.15, -0.1) is 0 Å². The standard InChI is InChI=1S/C19H28N2O7S2/c1-14(2)5-7-21(12-19(22)20-15-6-10-29(23,24)13-15)30(25,26)16-3-4-17-18(11-16)28-9-8-27-17/h3-4,11,14-15H,5-10,12-13H2,1-2H3,(H,20,22). The van der Waals surface area contributed by atoms with Crippen molar-refractivity contribution in [1.82, 2.24) is 9.62 Å². The first-order valence-corrected chi connectivity index (χ1v) is 13.2. The fraction of sp³-hybridized carbons (Fsp3) is 0.632. The molecular weight excluding hydrogens is 432 g/mol. The molecule has 168 valence electrons. The Morgan fingerprint density at radius 3 is 2.57 bits per heavy atom. The number of fused-ring (bicyclic) bond motifs is 1. The van der Waals surface area contributed by atoms with E-state index in [1.54, 1.807) is 6.07 Å². The lowest BCUT2D eigenvalue weighted by atomic mass is 10.1. The zero-order valence-electron chi connectivity index (χ0n) is 17.2. The van der Waals surface area contributed by atoms with Crippen LogP contribution in [0.5, 0.6) is 11.5 Å². The summed E-state index contributed by atoms with van der Waals surface area (Å²) in [6.07, 6.45) is 0.920. The Morgan fingerprint density at radius 1 is 1.23 bits per heavy atom. The maximum absolute atomic E-state index is 13.3. The van der Waals surface area contributed by atoms with Crippen LogP contribution in [0.15, 0.2) is 23.1 Å². The van der Waals surface area contributed by atoms with E-state index in [9.17, 15) is 21.6 Å². The minimum Gasteiger partial charge on any atom is -0.486 e. The summed E-state index contributed by atoms with van der Waals surface area (Å²) in [5, 5.41) is 2.66. The molecule has 1 N–H and O–H groups in total. The van der Waals surface area contributed by atoms with Gasteiger partial charge in [0, 0.05) is 18.7 Å². The summed E-state index contributed by atoms with van der Waals surface area (Å²) in [6, 6.07) is 3.91. The second-order valence-electron chi connectivity index (χ2n) is 7.99. The highest BCUT2D eigenvalue weighted by Crippen LogP contribution is 2.33. The predicted molar refractivity (Wildman–Crippen MR) is 111 cm³/mol. The molecule has 11 heteroatoms. The van der Waals surface area contributed by atoms with Crippen molar-refractivity contribution in [2.75, 3.05) is 37.8 Å². The molecule has 3 rings (SSSR count). The molecule has 2 aliphatic heterocycles. The molecule has 0 radical (unpaired) electrons. The Balaban J connectivity index is 1.77. The van der Waals surface area contributed by atoms with Crippen LogP contribution in [0, 0.1) is 5.92 Å². The number of carbonyl (C=O) groups is 1. The smallest absolute Gasteiger partial charge is 0.243 e. The Labute approximate surface area is 177 Å². The number of nitrogens with zero attached hydrogens (tertiary/aromatic N) is 1. The number of hydrogen-bond acceptors (Lipinski definition) is 7. The van der Waals surface area contributed by atoms with E-state index in [1.807, 2.05) is 13.8 Å². The highest BCUT2D eigenvalue weighted by molar-refractivity contribution is 7.91. The van der Waals surface area contributed by atoms with Gasteiger partial charge in [0.05, 0.1) is 22.9 Å². The van der Waals surface area contributed by atoms with Gasteiger partial charge in [-0.2, -0.15) is 4.31 Å².